The third kappa shape index (κ3) is 6.03. The van der Waals surface area contributed by atoms with Crippen molar-refractivity contribution in [3.63, 3.8) is 0 Å². The number of piperidine rings is 1. The van der Waals surface area contributed by atoms with Gasteiger partial charge in [-0.05, 0) is 78.9 Å². The van der Waals surface area contributed by atoms with Crippen LogP contribution in [0.1, 0.15) is 74.8 Å². The molecule has 0 saturated carbocycles. The van der Waals surface area contributed by atoms with Crippen molar-refractivity contribution in [2.75, 3.05) is 19.6 Å². The van der Waals surface area contributed by atoms with Gasteiger partial charge in [-0.25, -0.2) is 0 Å². The summed E-state index contributed by atoms with van der Waals surface area (Å²) in [5.74, 6) is 0.163. The molecule has 1 heterocycles. The maximum atomic E-state index is 12.3. The molecule has 0 aliphatic carbocycles. The Balaban J connectivity index is 1.42. The fourth-order valence-corrected chi connectivity index (χ4v) is 5.48. The quantitative estimate of drug-likeness (QED) is 0.397. The maximum Gasteiger partial charge on any atom is 0.117 e. The third-order valence-corrected chi connectivity index (χ3v) is 7.72. The molecule has 3 aromatic rings. The highest BCUT2D eigenvalue weighted by Crippen LogP contribution is 2.42. The largest absolute Gasteiger partial charge is 0.388 e. The lowest BCUT2D eigenvalue weighted by Gasteiger charge is -2.42. The molecule has 1 aliphatic rings. The number of hydrogen-bond acceptors (Lipinski definition) is 3. The minimum atomic E-state index is -0.993. The molecular formula is C32H41NO2. The maximum absolute atomic E-state index is 12.3. The number of aliphatic hydroxyl groups excluding tert-OH is 1. The number of rotatable bonds is 8. The van der Waals surface area contributed by atoms with Gasteiger partial charge in [-0.3, -0.25) is 0 Å². The van der Waals surface area contributed by atoms with Crippen molar-refractivity contribution in [3.05, 3.63) is 107 Å². The molecule has 3 nitrogen and oxygen atoms in total. The first-order chi connectivity index (χ1) is 16.8. The van der Waals surface area contributed by atoms with E-state index >= 15 is 0 Å². The van der Waals surface area contributed by atoms with Crippen LogP contribution in [0.4, 0.5) is 0 Å². The first kappa shape index (κ1) is 25.6. The van der Waals surface area contributed by atoms with Crippen LogP contribution < -0.4 is 0 Å². The van der Waals surface area contributed by atoms with Crippen molar-refractivity contribution in [1.82, 2.24) is 4.90 Å². The van der Waals surface area contributed by atoms with Crippen LogP contribution in [0.2, 0.25) is 0 Å². The molecule has 2 N–H and O–H groups in total. The fraction of sp³-hybridized carbons (Fsp3) is 0.438. The molecule has 1 fully saturated rings. The van der Waals surface area contributed by atoms with Crippen LogP contribution in [0.25, 0.3) is 0 Å². The second-order valence-corrected chi connectivity index (χ2v) is 11.1. The average Bonchev–Trinajstić information content (AvgIpc) is 2.89. The van der Waals surface area contributed by atoms with Gasteiger partial charge in [0.05, 0.1) is 6.10 Å². The summed E-state index contributed by atoms with van der Waals surface area (Å²) in [6, 6.07) is 28.7. The van der Waals surface area contributed by atoms with E-state index in [4.69, 9.17) is 0 Å². The third-order valence-electron chi connectivity index (χ3n) is 7.72. The van der Waals surface area contributed by atoms with Gasteiger partial charge in [0.2, 0.25) is 0 Å². The van der Waals surface area contributed by atoms with Crippen LogP contribution in [0.5, 0.6) is 0 Å². The van der Waals surface area contributed by atoms with Crippen molar-refractivity contribution in [2.24, 2.45) is 5.92 Å². The predicted molar refractivity (Wildman–Crippen MR) is 144 cm³/mol. The minimum absolute atomic E-state index is 0.0861. The van der Waals surface area contributed by atoms with Gasteiger partial charge in [0.15, 0.2) is 0 Å². The first-order valence-corrected chi connectivity index (χ1v) is 13.1. The highest BCUT2D eigenvalue weighted by Gasteiger charge is 2.41. The van der Waals surface area contributed by atoms with Crippen LogP contribution in [0, 0.1) is 5.92 Å². The van der Waals surface area contributed by atoms with E-state index < -0.39 is 11.7 Å². The van der Waals surface area contributed by atoms with Crippen LogP contribution in [0.3, 0.4) is 0 Å². The van der Waals surface area contributed by atoms with Gasteiger partial charge >= 0.3 is 0 Å². The molecule has 4 rings (SSSR count). The standard InChI is InChI=1S/C32H41NO2/c1-31(2,3)26-16-18-28(19-17-26)32(35,27-13-8-5-9-14-27)29-20-23-33(24-21-29)22-10-15-30(34)25-11-6-4-7-12-25/h4-9,11-14,16-19,29-30,34-35H,10,15,20-24H2,1-3H3. The summed E-state index contributed by atoms with van der Waals surface area (Å²) in [6.07, 6.45) is 3.25. The Bertz CT molecular complexity index is 1030. The van der Waals surface area contributed by atoms with Crippen molar-refractivity contribution in [1.29, 1.82) is 0 Å². The molecule has 0 aromatic heterocycles. The van der Waals surface area contributed by atoms with E-state index in [0.29, 0.717) is 0 Å². The SMILES string of the molecule is CC(C)(C)c1ccc(C(O)(c2ccccc2)C2CCN(CCCC(O)c3ccccc3)CC2)cc1. The molecule has 0 amide bonds. The molecule has 2 atom stereocenters. The van der Waals surface area contributed by atoms with Crippen LogP contribution >= 0.6 is 0 Å². The summed E-state index contributed by atoms with van der Waals surface area (Å²) < 4.78 is 0. The lowest BCUT2D eigenvalue weighted by atomic mass is 9.71. The zero-order valence-electron chi connectivity index (χ0n) is 21.5. The summed E-state index contributed by atoms with van der Waals surface area (Å²) in [7, 11) is 0. The summed E-state index contributed by atoms with van der Waals surface area (Å²) in [5, 5.41) is 22.8. The molecule has 3 heteroatoms. The molecule has 1 aliphatic heterocycles. The summed E-state index contributed by atoms with van der Waals surface area (Å²) in [4.78, 5) is 2.49. The molecule has 0 radical (unpaired) electrons. The lowest BCUT2D eigenvalue weighted by molar-refractivity contribution is -0.0146. The van der Waals surface area contributed by atoms with Crippen molar-refractivity contribution in [2.45, 2.75) is 63.6 Å². The number of hydrogen-bond donors (Lipinski definition) is 2. The van der Waals surface area contributed by atoms with E-state index in [-0.39, 0.29) is 11.3 Å². The molecule has 186 valence electrons. The zero-order valence-corrected chi connectivity index (χ0v) is 21.5. The van der Waals surface area contributed by atoms with E-state index in [0.717, 1.165) is 62.0 Å². The van der Waals surface area contributed by atoms with Gasteiger partial charge < -0.3 is 15.1 Å². The Hall–Kier alpha value is -2.46. The van der Waals surface area contributed by atoms with Gasteiger partial charge in [-0.15, -0.1) is 0 Å². The highest BCUT2D eigenvalue weighted by molar-refractivity contribution is 5.39. The summed E-state index contributed by atoms with van der Waals surface area (Å²) in [5.41, 5.74) is 3.34. The number of aliphatic hydroxyl groups is 2. The normalized spacial score (nSPS) is 18.2. The van der Waals surface area contributed by atoms with Crippen LogP contribution in [-0.4, -0.2) is 34.7 Å². The predicted octanol–water partition coefficient (Wildman–Crippen LogP) is 6.45. The Labute approximate surface area is 211 Å². The van der Waals surface area contributed by atoms with Gasteiger partial charge in [0, 0.05) is 0 Å². The Morgan fingerprint density at radius 3 is 1.86 bits per heavy atom. The topological polar surface area (TPSA) is 43.7 Å². The fourth-order valence-electron chi connectivity index (χ4n) is 5.48. The second kappa shape index (κ2) is 11.1. The Kier molecular flexibility index (Phi) is 8.11. The highest BCUT2D eigenvalue weighted by atomic mass is 16.3. The van der Waals surface area contributed by atoms with Crippen LogP contribution in [0.15, 0.2) is 84.9 Å². The van der Waals surface area contributed by atoms with Gasteiger partial charge in [-0.2, -0.15) is 0 Å². The molecule has 1 saturated heterocycles. The summed E-state index contributed by atoms with van der Waals surface area (Å²) >= 11 is 0. The van der Waals surface area contributed by atoms with Gasteiger partial charge in [-0.1, -0.05) is 106 Å². The van der Waals surface area contributed by atoms with E-state index in [1.807, 2.05) is 48.5 Å². The molecule has 0 bridgehead atoms. The second-order valence-electron chi connectivity index (χ2n) is 11.1. The van der Waals surface area contributed by atoms with E-state index in [9.17, 15) is 10.2 Å². The molecule has 2 unspecified atom stereocenters. The van der Waals surface area contributed by atoms with Gasteiger partial charge in [0.25, 0.3) is 0 Å². The molecule has 3 aromatic carbocycles. The zero-order chi connectivity index (χ0) is 24.9. The molecule has 35 heavy (non-hydrogen) atoms. The van der Waals surface area contributed by atoms with Crippen molar-refractivity contribution in [3.8, 4) is 0 Å². The van der Waals surface area contributed by atoms with Gasteiger partial charge in [0.1, 0.15) is 5.60 Å². The van der Waals surface area contributed by atoms with E-state index in [1.165, 1.54) is 5.56 Å². The lowest BCUT2D eigenvalue weighted by Crippen LogP contribution is -2.44. The van der Waals surface area contributed by atoms with Crippen molar-refractivity contribution >= 4 is 0 Å². The average molecular weight is 472 g/mol. The number of nitrogens with zero attached hydrogens (tertiary/aromatic N) is 1. The smallest absolute Gasteiger partial charge is 0.117 e. The first-order valence-electron chi connectivity index (χ1n) is 13.1. The molecular weight excluding hydrogens is 430 g/mol. The monoisotopic (exact) mass is 471 g/mol. The van der Waals surface area contributed by atoms with Crippen molar-refractivity contribution < 1.29 is 10.2 Å². The number of likely N-dealkylation sites (tertiary alicyclic amines) is 1. The minimum Gasteiger partial charge on any atom is -0.388 e. The van der Waals surface area contributed by atoms with E-state index in [1.54, 1.807) is 0 Å². The van der Waals surface area contributed by atoms with Crippen LogP contribution in [-0.2, 0) is 11.0 Å². The van der Waals surface area contributed by atoms with E-state index in [2.05, 4.69) is 62.1 Å². The molecule has 0 spiro atoms. The Morgan fingerprint density at radius 1 is 0.771 bits per heavy atom. The summed E-state index contributed by atoms with van der Waals surface area (Å²) in [6.45, 7) is 9.60. The Morgan fingerprint density at radius 2 is 1.29 bits per heavy atom. The number of benzene rings is 3.